The molecule has 0 bridgehead atoms. The molecule has 0 saturated heterocycles. The van der Waals surface area contributed by atoms with Crippen LogP contribution >= 0.6 is 11.8 Å². The summed E-state index contributed by atoms with van der Waals surface area (Å²) in [6.45, 7) is 5.36. The van der Waals surface area contributed by atoms with Crippen molar-refractivity contribution in [2.45, 2.75) is 25.8 Å². The normalized spacial score (nSPS) is 10.0. The Balaban J connectivity index is 3.14. The van der Waals surface area contributed by atoms with E-state index < -0.39 is 0 Å². The third-order valence-electron chi connectivity index (χ3n) is 1.84. The molecule has 0 aromatic carbocycles. The lowest BCUT2D eigenvalue weighted by Gasteiger charge is -2.10. The van der Waals surface area contributed by atoms with Crippen LogP contribution < -0.4 is 4.74 Å². The Bertz CT molecular complexity index is 363. The third-order valence-corrected chi connectivity index (χ3v) is 2.73. The molecule has 0 aliphatic rings. The minimum absolute atomic E-state index is 0.0338. The molecule has 0 aliphatic carbocycles. The van der Waals surface area contributed by atoms with Crippen molar-refractivity contribution in [3.05, 3.63) is 17.3 Å². The van der Waals surface area contributed by atoms with Gasteiger partial charge in [-0.1, -0.05) is 0 Å². The summed E-state index contributed by atoms with van der Waals surface area (Å²) in [5, 5.41) is 0.756. The zero-order valence-corrected chi connectivity index (χ0v) is 9.57. The van der Waals surface area contributed by atoms with Crippen LogP contribution in [-0.2, 0) is 4.79 Å². The minimum Gasteiger partial charge on any atom is -0.496 e. The summed E-state index contributed by atoms with van der Waals surface area (Å²) in [5.41, 5.74) is 1.91. The summed E-state index contributed by atoms with van der Waals surface area (Å²) in [5.74, 6) is 0.809. The van der Waals surface area contributed by atoms with Crippen molar-refractivity contribution < 1.29 is 9.53 Å². The van der Waals surface area contributed by atoms with Crippen LogP contribution in [-0.4, -0.2) is 17.2 Å². The first-order valence-electron chi connectivity index (χ1n) is 4.25. The molecule has 76 valence electrons. The second-order valence-corrected chi connectivity index (χ2v) is 4.16. The number of aromatic nitrogens is 1. The van der Waals surface area contributed by atoms with Crippen molar-refractivity contribution in [3.8, 4) is 5.75 Å². The molecular formula is C10H13NO2S. The van der Waals surface area contributed by atoms with Crippen LogP contribution in [0.15, 0.2) is 11.2 Å². The summed E-state index contributed by atoms with van der Waals surface area (Å²) in [6, 6.07) is 0. The van der Waals surface area contributed by atoms with Gasteiger partial charge in [-0.3, -0.25) is 4.79 Å². The first-order valence-corrected chi connectivity index (χ1v) is 5.06. The van der Waals surface area contributed by atoms with Crippen molar-refractivity contribution in [1.29, 1.82) is 0 Å². The summed E-state index contributed by atoms with van der Waals surface area (Å²) in [7, 11) is 1.62. The lowest BCUT2D eigenvalue weighted by Crippen LogP contribution is -1.96. The lowest BCUT2D eigenvalue weighted by atomic mass is 10.2. The lowest BCUT2D eigenvalue weighted by molar-refractivity contribution is -0.109. The fourth-order valence-electron chi connectivity index (χ4n) is 1.26. The van der Waals surface area contributed by atoms with Crippen molar-refractivity contribution in [2.75, 3.05) is 7.11 Å². The first-order chi connectivity index (χ1) is 6.56. The highest BCUT2D eigenvalue weighted by Gasteiger charge is 2.11. The molecular weight excluding hydrogens is 198 g/mol. The Morgan fingerprint density at radius 2 is 2.14 bits per heavy atom. The van der Waals surface area contributed by atoms with Gasteiger partial charge in [-0.2, -0.15) is 0 Å². The highest BCUT2D eigenvalue weighted by Crippen LogP contribution is 2.29. The van der Waals surface area contributed by atoms with Crippen LogP contribution in [0.5, 0.6) is 5.75 Å². The molecule has 0 radical (unpaired) electrons. The van der Waals surface area contributed by atoms with E-state index in [1.54, 1.807) is 13.3 Å². The molecule has 1 heterocycles. The first kappa shape index (κ1) is 11.0. The maximum absolute atomic E-state index is 10.9. The average Bonchev–Trinajstić information content (AvgIpc) is 2.10. The topological polar surface area (TPSA) is 39.2 Å². The van der Waals surface area contributed by atoms with Crippen LogP contribution in [0.4, 0.5) is 0 Å². The van der Waals surface area contributed by atoms with Gasteiger partial charge in [0, 0.05) is 24.2 Å². The van der Waals surface area contributed by atoms with Gasteiger partial charge < -0.3 is 4.74 Å². The number of hydrogen-bond donors (Lipinski definition) is 0. The molecule has 4 heteroatoms. The second-order valence-electron chi connectivity index (χ2n) is 3.00. The predicted molar refractivity (Wildman–Crippen MR) is 56.8 cm³/mol. The summed E-state index contributed by atoms with van der Waals surface area (Å²) < 4.78 is 5.23. The summed E-state index contributed by atoms with van der Waals surface area (Å²) in [4.78, 5) is 15.1. The zero-order chi connectivity index (χ0) is 10.7. The van der Waals surface area contributed by atoms with E-state index >= 15 is 0 Å². The van der Waals surface area contributed by atoms with E-state index in [9.17, 15) is 4.79 Å². The molecule has 1 aromatic rings. The van der Waals surface area contributed by atoms with E-state index in [2.05, 4.69) is 4.98 Å². The Morgan fingerprint density at radius 1 is 1.50 bits per heavy atom. The quantitative estimate of drug-likeness (QED) is 0.704. The van der Waals surface area contributed by atoms with Crippen molar-refractivity contribution in [2.24, 2.45) is 0 Å². The number of rotatable bonds is 2. The number of pyridine rings is 1. The highest BCUT2D eigenvalue weighted by atomic mass is 32.2. The molecule has 3 nitrogen and oxygen atoms in total. The van der Waals surface area contributed by atoms with Gasteiger partial charge in [0.05, 0.1) is 7.11 Å². The van der Waals surface area contributed by atoms with Crippen LogP contribution in [0.25, 0.3) is 0 Å². The Morgan fingerprint density at radius 3 is 2.64 bits per heavy atom. The zero-order valence-electron chi connectivity index (χ0n) is 8.75. The monoisotopic (exact) mass is 211 g/mol. The van der Waals surface area contributed by atoms with Gasteiger partial charge in [0.1, 0.15) is 10.8 Å². The summed E-state index contributed by atoms with van der Waals surface area (Å²) in [6.07, 6.45) is 1.72. The van der Waals surface area contributed by atoms with E-state index in [4.69, 9.17) is 4.74 Å². The highest BCUT2D eigenvalue weighted by molar-refractivity contribution is 8.13. The molecule has 14 heavy (non-hydrogen) atoms. The van der Waals surface area contributed by atoms with E-state index in [1.807, 2.05) is 13.8 Å². The van der Waals surface area contributed by atoms with Crippen molar-refractivity contribution in [3.63, 3.8) is 0 Å². The molecule has 0 fully saturated rings. The fraction of sp³-hybridized carbons (Fsp3) is 0.400. The second kappa shape index (κ2) is 4.46. The number of thioether (sulfide) groups is 1. The molecule has 0 atom stereocenters. The molecule has 0 saturated carbocycles. The van der Waals surface area contributed by atoms with Gasteiger partial charge >= 0.3 is 0 Å². The minimum atomic E-state index is 0.0338. The maximum Gasteiger partial charge on any atom is 0.192 e. The van der Waals surface area contributed by atoms with Crippen LogP contribution in [0.2, 0.25) is 0 Å². The Labute approximate surface area is 87.9 Å². The molecule has 0 amide bonds. The van der Waals surface area contributed by atoms with Gasteiger partial charge in [-0.15, -0.1) is 0 Å². The molecule has 1 rings (SSSR count). The van der Waals surface area contributed by atoms with E-state index in [1.165, 1.54) is 6.92 Å². The number of hydrogen-bond acceptors (Lipinski definition) is 4. The number of carbonyl (C=O) groups excluding carboxylic acids is 1. The van der Waals surface area contributed by atoms with Gasteiger partial charge in [-0.25, -0.2) is 4.98 Å². The number of ether oxygens (including phenoxy) is 1. The SMILES string of the molecule is COc1c(C)cnc(SC(C)=O)c1C. The number of methoxy groups -OCH3 is 1. The molecule has 0 spiro atoms. The van der Waals surface area contributed by atoms with Gasteiger partial charge in [-0.05, 0) is 25.6 Å². The van der Waals surface area contributed by atoms with Gasteiger partial charge in [0.25, 0.3) is 0 Å². The number of carbonyl (C=O) groups is 1. The van der Waals surface area contributed by atoms with Crippen molar-refractivity contribution in [1.82, 2.24) is 4.98 Å². The van der Waals surface area contributed by atoms with Gasteiger partial charge in [0.15, 0.2) is 5.12 Å². The average molecular weight is 211 g/mol. The van der Waals surface area contributed by atoms with E-state index in [0.29, 0.717) is 0 Å². The van der Waals surface area contributed by atoms with Gasteiger partial charge in [0.2, 0.25) is 0 Å². The summed E-state index contributed by atoms with van der Waals surface area (Å²) >= 11 is 1.13. The standard InChI is InChI=1S/C10H13NO2S/c1-6-5-11-10(14-8(3)12)7(2)9(6)13-4/h5H,1-4H3. The molecule has 1 aromatic heterocycles. The van der Waals surface area contributed by atoms with Crippen LogP contribution in [0.3, 0.4) is 0 Å². The Hall–Kier alpha value is -1.03. The van der Waals surface area contributed by atoms with Crippen LogP contribution in [0.1, 0.15) is 18.1 Å². The largest absolute Gasteiger partial charge is 0.496 e. The van der Waals surface area contributed by atoms with Crippen LogP contribution in [0, 0.1) is 13.8 Å². The predicted octanol–water partition coefficient (Wildman–Crippen LogP) is 2.35. The smallest absolute Gasteiger partial charge is 0.192 e. The maximum atomic E-state index is 10.9. The third kappa shape index (κ3) is 2.26. The molecule has 0 N–H and O–H groups in total. The van der Waals surface area contributed by atoms with E-state index in [0.717, 1.165) is 33.7 Å². The van der Waals surface area contributed by atoms with E-state index in [-0.39, 0.29) is 5.12 Å². The fourth-order valence-corrected chi connectivity index (χ4v) is 1.88. The number of nitrogens with zero attached hydrogens (tertiary/aromatic N) is 1. The Kier molecular flexibility index (Phi) is 3.52. The number of aryl methyl sites for hydroxylation is 1. The molecule has 0 aliphatic heterocycles. The molecule has 0 unspecified atom stereocenters. The van der Waals surface area contributed by atoms with Crippen molar-refractivity contribution >= 4 is 16.9 Å².